The maximum Gasteiger partial charge on any atom is 0.171 e. The smallest absolute Gasteiger partial charge is 0.171 e. The largest absolute Gasteiger partial charge is 0.354 e. The molecule has 0 heterocycles. The van der Waals surface area contributed by atoms with Crippen molar-refractivity contribution in [1.29, 1.82) is 0 Å². The molecule has 1 N–H and O–H groups in total. The summed E-state index contributed by atoms with van der Waals surface area (Å²) in [4.78, 5) is 0. The second kappa shape index (κ2) is 7.37. The highest BCUT2D eigenvalue weighted by molar-refractivity contribution is 5.16. The Morgan fingerprint density at radius 3 is 2.59 bits per heavy atom. The van der Waals surface area contributed by atoms with Crippen molar-refractivity contribution in [1.82, 2.24) is 5.32 Å². The van der Waals surface area contributed by atoms with Crippen molar-refractivity contribution in [2.24, 2.45) is 0 Å². The van der Waals surface area contributed by atoms with Gasteiger partial charge in [-0.2, -0.15) is 0 Å². The average molecular weight is 241 g/mol. The van der Waals surface area contributed by atoms with Gasteiger partial charge in [0, 0.05) is 14.2 Å². The monoisotopic (exact) mass is 241 g/mol. The standard InChI is InChI=1S/C13H20FNO2/c1-10(13(16-2)17-3)15-8-7-11-5-4-6-12(14)9-11/h4-6,9-10,13,15H,7-8H2,1-3H3/t10-/m0/s1. The molecule has 0 amide bonds. The first kappa shape index (κ1) is 14.1. The summed E-state index contributed by atoms with van der Waals surface area (Å²) in [7, 11) is 3.22. The van der Waals surface area contributed by atoms with Crippen LogP contribution in [0.5, 0.6) is 0 Å². The van der Waals surface area contributed by atoms with Gasteiger partial charge in [-0.1, -0.05) is 12.1 Å². The van der Waals surface area contributed by atoms with Crippen molar-refractivity contribution in [2.45, 2.75) is 25.7 Å². The summed E-state index contributed by atoms with van der Waals surface area (Å²) in [6.45, 7) is 2.75. The summed E-state index contributed by atoms with van der Waals surface area (Å²) < 4.78 is 23.2. The van der Waals surface area contributed by atoms with Gasteiger partial charge in [0.05, 0.1) is 6.04 Å². The molecular formula is C13H20FNO2. The third kappa shape index (κ3) is 4.81. The number of hydrogen-bond acceptors (Lipinski definition) is 3. The minimum Gasteiger partial charge on any atom is -0.354 e. The van der Waals surface area contributed by atoms with Crippen LogP contribution in [0, 0.1) is 5.82 Å². The van der Waals surface area contributed by atoms with Crippen molar-refractivity contribution in [3.63, 3.8) is 0 Å². The molecule has 0 aliphatic rings. The molecular weight excluding hydrogens is 221 g/mol. The summed E-state index contributed by atoms with van der Waals surface area (Å²) >= 11 is 0. The van der Waals surface area contributed by atoms with Crippen LogP contribution in [0.15, 0.2) is 24.3 Å². The van der Waals surface area contributed by atoms with Crippen LogP contribution < -0.4 is 5.32 Å². The summed E-state index contributed by atoms with van der Waals surface area (Å²) in [5.41, 5.74) is 0.982. The van der Waals surface area contributed by atoms with Gasteiger partial charge < -0.3 is 14.8 Å². The van der Waals surface area contributed by atoms with E-state index < -0.39 is 0 Å². The lowest BCUT2D eigenvalue weighted by molar-refractivity contribution is -0.119. The third-order valence-corrected chi connectivity index (χ3v) is 2.64. The van der Waals surface area contributed by atoms with Crippen LogP contribution in [-0.4, -0.2) is 33.1 Å². The van der Waals surface area contributed by atoms with Crippen LogP contribution in [0.2, 0.25) is 0 Å². The van der Waals surface area contributed by atoms with Gasteiger partial charge >= 0.3 is 0 Å². The van der Waals surface area contributed by atoms with Gasteiger partial charge in [-0.25, -0.2) is 4.39 Å². The Hall–Kier alpha value is -0.970. The summed E-state index contributed by atoms with van der Waals surface area (Å²) in [6, 6.07) is 6.74. The second-order valence-corrected chi connectivity index (χ2v) is 3.96. The first-order chi connectivity index (χ1) is 8.17. The van der Waals surface area contributed by atoms with E-state index in [2.05, 4.69) is 5.32 Å². The molecule has 0 fully saturated rings. The zero-order valence-electron chi connectivity index (χ0n) is 10.6. The Morgan fingerprint density at radius 1 is 1.29 bits per heavy atom. The van der Waals surface area contributed by atoms with Crippen molar-refractivity contribution in [3.8, 4) is 0 Å². The predicted molar refractivity (Wildman–Crippen MR) is 65.4 cm³/mol. The first-order valence-electron chi connectivity index (χ1n) is 5.70. The molecule has 1 atom stereocenters. The normalized spacial score (nSPS) is 13.0. The Kier molecular flexibility index (Phi) is 6.11. The van der Waals surface area contributed by atoms with E-state index in [1.807, 2.05) is 13.0 Å². The molecule has 0 unspecified atom stereocenters. The molecule has 0 aromatic heterocycles. The molecule has 3 nitrogen and oxygen atoms in total. The molecule has 1 aromatic rings. The quantitative estimate of drug-likeness (QED) is 0.740. The number of benzene rings is 1. The molecule has 96 valence electrons. The minimum absolute atomic E-state index is 0.0959. The zero-order valence-corrected chi connectivity index (χ0v) is 10.6. The molecule has 1 rings (SSSR count). The van der Waals surface area contributed by atoms with Crippen LogP contribution in [0.3, 0.4) is 0 Å². The van der Waals surface area contributed by atoms with E-state index in [1.165, 1.54) is 6.07 Å². The molecule has 0 saturated carbocycles. The highest BCUT2D eigenvalue weighted by atomic mass is 19.1. The topological polar surface area (TPSA) is 30.5 Å². The number of hydrogen-bond donors (Lipinski definition) is 1. The van der Waals surface area contributed by atoms with Crippen molar-refractivity contribution in [2.75, 3.05) is 20.8 Å². The zero-order chi connectivity index (χ0) is 12.7. The predicted octanol–water partition coefficient (Wildman–Crippen LogP) is 1.97. The highest BCUT2D eigenvalue weighted by Gasteiger charge is 2.14. The number of nitrogens with one attached hydrogen (secondary N) is 1. The van der Waals surface area contributed by atoms with Gasteiger partial charge in [0.25, 0.3) is 0 Å². The molecule has 0 saturated heterocycles. The molecule has 0 bridgehead atoms. The average Bonchev–Trinajstić information content (AvgIpc) is 2.30. The van der Waals surface area contributed by atoms with E-state index in [0.29, 0.717) is 0 Å². The molecule has 0 radical (unpaired) electrons. The van der Waals surface area contributed by atoms with Crippen LogP contribution in [0.1, 0.15) is 12.5 Å². The molecule has 17 heavy (non-hydrogen) atoms. The number of methoxy groups -OCH3 is 2. The molecule has 0 aliphatic heterocycles. The van der Waals surface area contributed by atoms with Crippen LogP contribution >= 0.6 is 0 Å². The summed E-state index contributed by atoms with van der Waals surface area (Å²) in [5, 5.41) is 3.28. The van der Waals surface area contributed by atoms with Crippen LogP contribution in [0.25, 0.3) is 0 Å². The fourth-order valence-electron chi connectivity index (χ4n) is 1.74. The van der Waals surface area contributed by atoms with Gasteiger partial charge in [0.1, 0.15) is 5.82 Å². The maximum absolute atomic E-state index is 12.9. The molecule has 4 heteroatoms. The Balaban J connectivity index is 2.32. The Labute approximate surface area is 102 Å². The lowest BCUT2D eigenvalue weighted by Gasteiger charge is -2.22. The van der Waals surface area contributed by atoms with Crippen LogP contribution in [-0.2, 0) is 15.9 Å². The van der Waals surface area contributed by atoms with Gasteiger partial charge in [0.15, 0.2) is 6.29 Å². The first-order valence-corrected chi connectivity index (χ1v) is 5.70. The second-order valence-electron chi connectivity index (χ2n) is 3.96. The molecule has 1 aromatic carbocycles. The molecule has 0 aliphatic carbocycles. The minimum atomic E-state index is -0.262. The lowest BCUT2D eigenvalue weighted by atomic mass is 10.1. The lowest BCUT2D eigenvalue weighted by Crippen LogP contribution is -2.40. The number of rotatable bonds is 7. The summed E-state index contributed by atoms with van der Waals surface area (Å²) in [6.07, 6.45) is 0.518. The Morgan fingerprint density at radius 2 is 2.00 bits per heavy atom. The van der Waals surface area contributed by atoms with E-state index in [1.54, 1.807) is 26.4 Å². The Bertz CT molecular complexity index is 329. The fourth-order valence-corrected chi connectivity index (χ4v) is 1.74. The van der Waals surface area contributed by atoms with Crippen molar-refractivity contribution < 1.29 is 13.9 Å². The van der Waals surface area contributed by atoms with Gasteiger partial charge in [-0.3, -0.25) is 0 Å². The van der Waals surface area contributed by atoms with E-state index in [9.17, 15) is 4.39 Å². The molecule has 0 spiro atoms. The van der Waals surface area contributed by atoms with E-state index in [-0.39, 0.29) is 18.1 Å². The van der Waals surface area contributed by atoms with E-state index in [4.69, 9.17) is 9.47 Å². The number of halogens is 1. The van der Waals surface area contributed by atoms with Crippen molar-refractivity contribution in [3.05, 3.63) is 35.6 Å². The maximum atomic E-state index is 12.9. The van der Waals surface area contributed by atoms with E-state index in [0.717, 1.165) is 18.5 Å². The van der Waals surface area contributed by atoms with Gasteiger partial charge in [0.2, 0.25) is 0 Å². The SMILES string of the molecule is COC(OC)[C@H](C)NCCc1cccc(F)c1. The van der Waals surface area contributed by atoms with Crippen LogP contribution in [0.4, 0.5) is 4.39 Å². The van der Waals surface area contributed by atoms with Gasteiger partial charge in [-0.05, 0) is 37.6 Å². The van der Waals surface area contributed by atoms with E-state index >= 15 is 0 Å². The number of ether oxygens (including phenoxy) is 2. The summed E-state index contributed by atoms with van der Waals surface area (Å²) in [5.74, 6) is -0.192. The van der Waals surface area contributed by atoms with Gasteiger partial charge in [-0.15, -0.1) is 0 Å². The fraction of sp³-hybridized carbons (Fsp3) is 0.538. The van der Waals surface area contributed by atoms with Crippen molar-refractivity contribution >= 4 is 0 Å². The highest BCUT2D eigenvalue weighted by Crippen LogP contribution is 2.04. The third-order valence-electron chi connectivity index (χ3n) is 2.64.